The number of benzene rings is 2. The number of rotatable bonds is 8. The Morgan fingerprint density at radius 1 is 1.14 bits per heavy atom. The highest BCUT2D eigenvalue weighted by Crippen LogP contribution is 2.14. The van der Waals surface area contributed by atoms with Crippen LogP contribution >= 0.6 is 0 Å². The van der Waals surface area contributed by atoms with Crippen LogP contribution in [0.3, 0.4) is 0 Å². The van der Waals surface area contributed by atoms with Crippen LogP contribution in [0.1, 0.15) is 38.1 Å². The molecule has 3 N–H and O–H groups in total. The van der Waals surface area contributed by atoms with Crippen LogP contribution in [0.15, 0.2) is 48.5 Å². The monoisotopic (exact) mass is 378 g/mol. The average molecular weight is 378 g/mol. The predicted molar refractivity (Wildman–Crippen MR) is 111 cm³/mol. The molecule has 0 aliphatic rings. The molecule has 0 saturated carbocycles. The van der Waals surface area contributed by atoms with Crippen LogP contribution in [0.4, 0.5) is 5.69 Å². The van der Waals surface area contributed by atoms with E-state index in [4.69, 9.17) is 0 Å². The molecule has 2 aromatic carbocycles. The summed E-state index contributed by atoms with van der Waals surface area (Å²) in [4.78, 5) is 31.9. The Labute approximate surface area is 164 Å². The number of nitrogens with one attached hydrogen (secondary N) is 3. The minimum Gasteiger partial charge on any atom is -0.352 e. The van der Waals surface area contributed by atoms with Crippen LogP contribution in [-0.4, -0.2) is 21.8 Å². The van der Waals surface area contributed by atoms with Crippen molar-refractivity contribution in [2.75, 3.05) is 5.32 Å². The summed E-state index contributed by atoms with van der Waals surface area (Å²) >= 11 is 0. The van der Waals surface area contributed by atoms with E-state index in [1.165, 1.54) is 0 Å². The lowest BCUT2D eigenvalue weighted by Gasteiger charge is -2.11. The van der Waals surface area contributed by atoms with E-state index < -0.39 is 0 Å². The van der Waals surface area contributed by atoms with Gasteiger partial charge in [-0.25, -0.2) is 4.98 Å². The molecule has 0 spiro atoms. The van der Waals surface area contributed by atoms with Gasteiger partial charge in [0.25, 0.3) is 0 Å². The van der Waals surface area contributed by atoms with E-state index in [1.54, 1.807) is 0 Å². The number of aromatic nitrogens is 2. The largest absolute Gasteiger partial charge is 0.352 e. The molecule has 1 atom stereocenters. The number of aromatic amines is 1. The first-order valence-electron chi connectivity index (χ1n) is 9.65. The standard InChI is InChI=1S/C22H26N4O2/c1-3-15(2)22(28)24-17-8-6-7-16(13-17)14-23-21(27)12-11-20-25-18-9-4-5-10-19(18)26-20/h4-10,13,15H,3,11-12,14H2,1-2H3,(H,23,27)(H,24,28)(H,25,26). The van der Waals surface area contributed by atoms with E-state index in [-0.39, 0.29) is 17.7 Å². The molecule has 6 nitrogen and oxygen atoms in total. The third-order valence-corrected chi connectivity index (χ3v) is 4.77. The molecule has 0 fully saturated rings. The van der Waals surface area contributed by atoms with Crippen molar-refractivity contribution >= 4 is 28.5 Å². The van der Waals surface area contributed by atoms with Crippen molar-refractivity contribution in [3.05, 3.63) is 59.9 Å². The minimum atomic E-state index is -0.0329. The van der Waals surface area contributed by atoms with E-state index in [0.717, 1.165) is 34.5 Å². The normalized spacial score (nSPS) is 11.9. The van der Waals surface area contributed by atoms with Crippen molar-refractivity contribution in [1.82, 2.24) is 15.3 Å². The Balaban J connectivity index is 1.48. The average Bonchev–Trinajstić information content (AvgIpc) is 3.13. The van der Waals surface area contributed by atoms with Gasteiger partial charge in [-0.1, -0.05) is 38.1 Å². The zero-order chi connectivity index (χ0) is 19.9. The molecule has 6 heteroatoms. The van der Waals surface area contributed by atoms with Crippen molar-refractivity contribution in [2.45, 2.75) is 39.7 Å². The highest BCUT2D eigenvalue weighted by atomic mass is 16.2. The molecule has 1 aromatic heterocycles. The van der Waals surface area contributed by atoms with Gasteiger partial charge in [-0.05, 0) is 36.2 Å². The molecule has 146 valence electrons. The van der Waals surface area contributed by atoms with Crippen LogP contribution in [0.25, 0.3) is 11.0 Å². The lowest BCUT2D eigenvalue weighted by molar-refractivity contribution is -0.121. The van der Waals surface area contributed by atoms with E-state index >= 15 is 0 Å². The fourth-order valence-corrected chi connectivity index (χ4v) is 2.85. The van der Waals surface area contributed by atoms with Gasteiger partial charge < -0.3 is 15.6 Å². The molecule has 0 aliphatic heterocycles. The summed E-state index contributed by atoms with van der Waals surface area (Å²) in [5.41, 5.74) is 3.58. The molecule has 0 radical (unpaired) electrons. The number of fused-ring (bicyclic) bond motifs is 1. The summed E-state index contributed by atoms with van der Waals surface area (Å²) in [7, 11) is 0. The number of hydrogen-bond donors (Lipinski definition) is 3. The molecule has 1 unspecified atom stereocenters. The summed E-state index contributed by atoms with van der Waals surface area (Å²) in [6, 6.07) is 15.4. The maximum Gasteiger partial charge on any atom is 0.227 e. The van der Waals surface area contributed by atoms with Gasteiger partial charge in [-0.3, -0.25) is 9.59 Å². The number of aryl methyl sites for hydroxylation is 1. The Kier molecular flexibility index (Phi) is 6.42. The minimum absolute atomic E-state index is 0.00882. The van der Waals surface area contributed by atoms with Crippen molar-refractivity contribution in [2.24, 2.45) is 5.92 Å². The maximum absolute atomic E-state index is 12.2. The molecule has 3 rings (SSSR count). The molecule has 0 bridgehead atoms. The predicted octanol–water partition coefficient (Wildman–Crippen LogP) is 3.80. The molecular weight excluding hydrogens is 352 g/mol. The summed E-state index contributed by atoms with van der Waals surface area (Å²) in [6.45, 7) is 4.31. The highest BCUT2D eigenvalue weighted by molar-refractivity contribution is 5.92. The fourth-order valence-electron chi connectivity index (χ4n) is 2.85. The van der Waals surface area contributed by atoms with Crippen molar-refractivity contribution in [3.8, 4) is 0 Å². The number of amides is 2. The van der Waals surface area contributed by atoms with Gasteiger partial charge in [0.05, 0.1) is 11.0 Å². The van der Waals surface area contributed by atoms with Gasteiger partial charge in [0, 0.05) is 31.0 Å². The van der Waals surface area contributed by atoms with Crippen LogP contribution < -0.4 is 10.6 Å². The number of para-hydroxylation sites is 2. The van der Waals surface area contributed by atoms with Crippen LogP contribution in [0, 0.1) is 5.92 Å². The molecule has 1 heterocycles. The second kappa shape index (κ2) is 9.17. The van der Waals surface area contributed by atoms with Gasteiger partial charge in [0.1, 0.15) is 5.82 Å². The SMILES string of the molecule is CCC(C)C(=O)Nc1cccc(CNC(=O)CCc2nc3ccccc3[nH]2)c1. The third-order valence-electron chi connectivity index (χ3n) is 4.77. The number of hydrogen-bond acceptors (Lipinski definition) is 3. The summed E-state index contributed by atoms with van der Waals surface area (Å²) in [6.07, 6.45) is 1.72. The third kappa shape index (κ3) is 5.19. The fraction of sp³-hybridized carbons (Fsp3) is 0.318. The number of nitrogens with zero attached hydrogens (tertiary/aromatic N) is 1. The molecule has 2 amide bonds. The van der Waals surface area contributed by atoms with Crippen molar-refractivity contribution in [3.63, 3.8) is 0 Å². The number of imidazole rings is 1. The molecule has 28 heavy (non-hydrogen) atoms. The summed E-state index contributed by atoms with van der Waals surface area (Å²) < 4.78 is 0. The maximum atomic E-state index is 12.2. The lowest BCUT2D eigenvalue weighted by atomic mass is 10.1. The van der Waals surface area contributed by atoms with Crippen LogP contribution in [0.2, 0.25) is 0 Å². The summed E-state index contributed by atoms with van der Waals surface area (Å²) in [5.74, 6) is 0.761. The zero-order valence-electron chi connectivity index (χ0n) is 16.3. The van der Waals surface area contributed by atoms with Gasteiger partial charge in [0.2, 0.25) is 11.8 Å². The quantitative estimate of drug-likeness (QED) is 0.557. The van der Waals surface area contributed by atoms with Crippen LogP contribution in [-0.2, 0) is 22.6 Å². The van der Waals surface area contributed by atoms with Crippen molar-refractivity contribution < 1.29 is 9.59 Å². The summed E-state index contributed by atoms with van der Waals surface area (Å²) in [5, 5.41) is 5.84. The second-order valence-electron chi connectivity index (χ2n) is 6.98. The van der Waals surface area contributed by atoms with E-state index in [9.17, 15) is 9.59 Å². The number of carbonyl (C=O) groups is 2. The number of carbonyl (C=O) groups excluding carboxylic acids is 2. The Bertz CT molecular complexity index is 931. The smallest absolute Gasteiger partial charge is 0.227 e. The molecule has 0 saturated heterocycles. The Morgan fingerprint density at radius 3 is 2.75 bits per heavy atom. The second-order valence-corrected chi connectivity index (χ2v) is 6.98. The Hall–Kier alpha value is -3.15. The molecule has 0 aliphatic carbocycles. The van der Waals surface area contributed by atoms with Crippen molar-refractivity contribution in [1.29, 1.82) is 0 Å². The first-order valence-corrected chi connectivity index (χ1v) is 9.65. The zero-order valence-corrected chi connectivity index (χ0v) is 16.3. The number of anilines is 1. The van der Waals surface area contributed by atoms with Gasteiger partial charge >= 0.3 is 0 Å². The first kappa shape index (κ1) is 19.6. The van der Waals surface area contributed by atoms with E-state index in [0.29, 0.717) is 19.4 Å². The molecular formula is C22H26N4O2. The van der Waals surface area contributed by atoms with E-state index in [2.05, 4.69) is 20.6 Å². The van der Waals surface area contributed by atoms with Gasteiger partial charge in [0.15, 0.2) is 0 Å². The Morgan fingerprint density at radius 2 is 1.96 bits per heavy atom. The molecule has 3 aromatic rings. The first-order chi connectivity index (χ1) is 13.5. The van der Waals surface area contributed by atoms with Crippen LogP contribution in [0.5, 0.6) is 0 Å². The number of H-pyrrole nitrogens is 1. The van der Waals surface area contributed by atoms with Gasteiger partial charge in [-0.15, -0.1) is 0 Å². The lowest BCUT2D eigenvalue weighted by Crippen LogP contribution is -2.23. The van der Waals surface area contributed by atoms with E-state index in [1.807, 2.05) is 62.4 Å². The highest BCUT2D eigenvalue weighted by Gasteiger charge is 2.11. The topological polar surface area (TPSA) is 86.9 Å². The van der Waals surface area contributed by atoms with Gasteiger partial charge in [-0.2, -0.15) is 0 Å².